The molecule has 0 aromatic rings. The van der Waals surface area contributed by atoms with E-state index in [-0.39, 0.29) is 23.6 Å². The van der Waals surface area contributed by atoms with Gasteiger partial charge in [-0.3, -0.25) is 19.2 Å². The molecule has 8 nitrogen and oxygen atoms in total. The van der Waals surface area contributed by atoms with Crippen molar-refractivity contribution < 1.29 is 19.2 Å². The molecule has 4 amide bonds. The van der Waals surface area contributed by atoms with Crippen LogP contribution in [0.4, 0.5) is 0 Å². The van der Waals surface area contributed by atoms with Gasteiger partial charge in [0.05, 0.1) is 0 Å². The van der Waals surface area contributed by atoms with Crippen LogP contribution in [0.2, 0.25) is 0 Å². The highest BCUT2D eigenvalue weighted by atomic mass is 16.2. The molecule has 0 aromatic carbocycles. The van der Waals surface area contributed by atoms with Crippen LogP contribution in [0.5, 0.6) is 0 Å². The van der Waals surface area contributed by atoms with E-state index >= 15 is 0 Å². The standard InChI is InChI=1S/C20H28N4O4/c21-19(28)20-9-4-10-24(20)18(27)16(13(11-20)12-5-2-1-3-6-12)23-17(26)14-7-8-15(25)22-14/h12,14H,1-11H2,(H2,21,28)(H,22,25)(H,23,26)/t14?,20-/m1/s1. The molecule has 28 heavy (non-hydrogen) atoms. The zero-order chi connectivity index (χ0) is 19.9. The number of rotatable bonds is 4. The minimum absolute atomic E-state index is 0.149. The van der Waals surface area contributed by atoms with Crippen molar-refractivity contribution in [3.05, 3.63) is 11.3 Å². The number of nitrogens with two attached hydrogens (primary N) is 1. The summed E-state index contributed by atoms with van der Waals surface area (Å²) in [5.74, 6) is -1.08. The number of fused-ring (bicyclic) bond motifs is 1. The van der Waals surface area contributed by atoms with Crippen LogP contribution in [-0.4, -0.2) is 46.7 Å². The van der Waals surface area contributed by atoms with Crippen molar-refractivity contribution in [2.75, 3.05) is 6.54 Å². The third-order valence-electron chi connectivity index (χ3n) is 6.87. The van der Waals surface area contributed by atoms with Crippen LogP contribution in [-0.2, 0) is 19.2 Å². The Hall–Kier alpha value is -2.38. The monoisotopic (exact) mass is 388 g/mol. The lowest BCUT2D eigenvalue weighted by atomic mass is 9.74. The maximum atomic E-state index is 13.3. The van der Waals surface area contributed by atoms with E-state index in [0.29, 0.717) is 37.9 Å². The summed E-state index contributed by atoms with van der Waals surface area (Å²) in [5.41, 5.74) is 6.00. The van der Waals surface area contributed by atoms with Gasteiger partial charge < -0.3 is 21.3 Å². The first-order valence-corrected chi connectivity index (χ1v) is 10.4. The van der Waals surface area contributed by atoms with E-state index in [2.05, 4.69) is 10.6 Å². The Morgan fingerprint density at radius 1 is 1.11 bits per heavy atom. The van der Waals surface area contributed by atoms with Crippen LogP contribution >= 0.6 is 0 Å². The van der Waals surface area contributed by atoms with Gasteiger partial charge in [-0.2, -0.15) is 0 Å². The Morgan fingerprint density at radius 3 is 2.50 bits per heavy atom. The predicted octanol–water partition coefficient (Wildman–Crippen LogP) is 0.466. The van der Waals surface area contributed by atoms with E-state index in [1.54, 1.807) is 4.90 Å². The molecule has 152 valence electrons. The summed E-state index contributed by atoms with van der Waals surface area (Å²) in [4.78, 5) is 51.5. The first kappa shape index (κ1) is 19.0. The number of nitrogens with one attached hydrogen (secondary N) is 2. The number of carbonyl (C=O) groups is 4. The summed E-state index contributed by atoms with van der Waals surface area (Å²) in [6.45, 7) is 0.471. The van der Waals surface area contributed by atoms with Crippen molar-refractivity contribution in [1.82, 2.24) is 15.5 Å². The van der Waals surface area contributed by atoms with E-state index in [0.717, 1.165) is 37.7 Å². The van der Waals surface area contributed by atoms with Gasteiger partial charge in [0.2, 0.25) is 17.7 Å². The number of nitrogens with zero attached hydrogens (tertiary/aromatic N) is 1. The van der Waals surface area contributed by atoms with Crippen molar-refractivity contribution >= 4 is 23.6 Å². The predicted molar refractivity (Wildman–Crippen MR) is 100 cm³/mol. The van der Waals surface area contributed by atoms with Gasteiger partial charge in [0.15, 0.2) is 0 Å². The van der Waals surface area contributed by atoms with Crippen molar-refractivity contribution in [1.29, 1.82) is 0 Å². The van der Waals surface area contributed by atoms with Crippen LogP contribution in [0.15, 0.2) is 11.3 Å². The highest BCUT2D eigenvalue weighted by Gasteiger charge is 2.54. The summed E-state index contributed by atoms with van der Waals surface area (Å²) < 4.78 is 0. The van der Waals surface area contributed by atoms with Crippen molar-refractivity contribution in [3.63, 3.8) is 0 Å². The van der Waals surface area contributed by atoms with Crippen molar-refractivity contribution in [3.8, 4) is 0 Å². The Labute approximate surface area is 164 Å². The number of amides is 4. The molecule has 4 N–H and O–H groups in total. The van der Waals surface area contributed by atoms with E-state index in [1.165, 1.54) is 6.42 Å². The molecule has 2 saturated heterocycles. The molecule has 3 aliphatic heterocycles. The van der Waals surface area contributed by atoms with E-state index in [9.17, 15) is 19.2 Å². The minimum atomic E-state index is -0.959. The minimum Gasteiger partial charge on any atom is -0.368 e. The van der Waals surface area contributed by atoms with Gasteiger partial charge in [0, 0.05) is 19.4 Å². The lowest BCUT2D eigenvalue weighted by Gasteiger charge is -2.43. The molecule has 8 heteroatoms. The molecule has 1 unspecified atom stereocenters. The molecule has 1 aliphatic carbocycles. The molecule has 3 fully saturated rings. The van der Waals surface area contributed by atoms with E-state index in [1.807, 2.05) is 0 Å². The SMILES string of the molecule is NC(=O)[C@]12CCCN1C(=O)C(NC(=O)C1CCC(=O)N1)=C(C1CCCCC1)C2. The number of hydrogen-bond acceptors (Lipinski definition) is 4. The largest absolute Gasteiger partial charge is 0.368 e. The summed E-state index contributed by atoms with van der Waals surface area (Å²) >= 11 is 0. The fourth-order valence-corrected chi connectivity index (χ4v) is 5.33. The van der Waals surface area contributed by atoms with E-state index < -0.39 is 17.5 Å². The first-order chi connectivity index (χ1) is 13.4. The average Bonchev–Trinajstić information content (AvgIpc) is 3.32. The Morgan fingerprint density at radius 2 is 1.86 bits per heavy atom. The van der Waals surface area contributed by atoms with Crippen LogP contribution in [0.1, 0.15) is 64.2 Å². The topological polar surface area (TPSA) is 122 Å². The molecule has 0 spiro atoms. The third-order valence-corrected chi connectivity index (χ3v) is 6.87. The van der Waals surface area contributed by atoms with Gasteiger partial charge in [0.25, 0.3) is 5.91 Å². The lowest BCUT2D eigenvalue weighted by Crippen LogP contribution is -2.61. The van der Waals surface area contributed by atoms with E-state index in [4.69, 9.17) is 5.73 Å². The summed E-state index contributed by atoms with van der Waals surface area (Å²) in [6, 6.07) is -0.609. The average molecular weight is 388 g/mol. The van der Waals surface area contributed by atoms with Gasteiger partial charge in [-0.1, -0.05) is 19.3 Å². The molecule has 2 atom stereocenters. The molecule has 4 aliphatic rings. The normalized spacial score (nSPS) is 31.0. The van der Waals surface area contributed by atoms with Crippen LogP contribution in [0.25, 0.3) is 0 Å². The van der Waals surface area contributed by atoms with Gasteiger partial charge in [-0.25, -0.2) is 0 Å². The number of hydrogen-bond donors (Lipinski definition) is 3. The number of primary amides is 1. The van der Waals surface area contributed by atoms with Gasteiger partial charge in [-0.15, -0.1) is 0 Å². The molecule has 0 radical (unpaired) electrons. The van der Waals surface area contributed by atoms with Gasteiger partial charge >= 0.3 is 0 Å². The van der Waals surface area contributed by atoms with Crippen LogP contribution < -0.4 is 16.4 Å². The smallest absolute Gasteiger partial charge is 0.271 e. The lowest BCUT2D eigenvalue weighted by molar-refractivity contribution is -0.143. The Kier molecular flexibility index (Phi) is 4.89. The second-order valence-corrected chi connectivity index (χ2v) is 8.52. The molecule has 4 rings (SSSR count). The maximum Gasteiger partial charge on any atom is 0.271 e. The third kappa shape index (κ3) is 3.08. The van der Waals surface area contributed by atoms with Crippen LogP contribution in [0.3, 0.4) is 0 Å². The van der Waals surface area contributed by atoms with Crippen molar-refractivity contribution in [2.24, 2.45) is 11.7 Å². The first-order valence-electron chi connectivity index (χ1n) is 10.4. The Bertz CT molecular complexity index is 755. The molecular formula is C20H28N4O4. The fraction of sp³-hybridized carbons (Fsp3) is 0.700. The maximum absolute atomic E-state index is 13.3. The van der Waals surface area contributed by atoms with Crippen LogP contribution in [0, 0.1) is 5.92 Å². The summed E-state index contributed by atoms with van der Waals surface area (Å²) in [5, 5.41) is 5.48. The zero-order valence-electron chi connectivity index (χ0n) is 16.1. The fourth-order valence-electron chi connectivity index (χ4n) is 5.33. The van der Waals surface area contributed by atoms with Crippen molar-refractivity contribution in [2.45, 2.75) is 75.8 Å². The Balaban J connectivity index is 1.68. The second kappa shape index (κ2) is 7.22. The molecule has 3 heterocycles. The quantitative estimate of drug-likeness (QED) is 0.648. The van der Waals surface area contributed by atoms with Gasteiger partial charge in [-0.05, 0) is 43.6 Å². The van der Waals surface area contributed by atoms with Gasteiger partial charge in [0.1, 0.15) is 17.3 Å². The molecule has 1 saturated carbocycles. The molecule has 0 aromatic heterocycles. The molecular weight excluding hydrogens is 360 g/mol. The highest BCUT2D eigenvalue weighted by molar-refractivity contribution is 6.05. The highest BCUT2D eigenvalue weighted by Crippen LogP contribution is 2.45. The second-order valence-electron chi connectivity index (χ2n) is 8.52. The summed E-state index contributed by atoms with van der Waals surface area (Å²) in [6.07, 6.45) is 7.69. The number of carbonyl (C=O) groups excluding carboxylic acids is 4. The zero-order valence-corrected chi connectivity index (χ0v) is 16.1. The summed E-state index contributed by atoms with van der Waals surface area (Å²) in [7, 11) is 0. The molecule has 0 bridgehead atoms.